The van der Waals surface area contributed by atoms with Gasteiger partial charge in [-0.3, -0.25) is 5.32 Å². The van der Waals surface area contributed by atoms with Gasteiger partial charge in [0.25, 0.3) is 0 Å². The lowest BCUT2D eigenvalue weighted by Gasteiger charge is -2.20. The van der Waals surface area contributed by atoms with Crippen molar-refractivity contribution in [3.05, 3.63) is 11.8 Å². The van der Waals surface area contributed by atoms with Gasteiger partial charge in [0, 0.05) is 5.70 Å². The number of hydrogen-bond donors (Lipinski definition) is 1. The second-order valence-electron chi connectivity index (χ2n) is 4.50. The van der Waals surface area contributed by atoms with Crippen LogP contribution in [0.3, 0.4) is 0 Å². The summed E-state index contributed by atoms with van der Waals surface area (Å²) in [7, 11) is 0. The molecule has 0 aliphatic carbocycles. The zero-order valence-corrected chi connectivity index (χ0v) is 10.5. The van der Waals surface area contributed by atoms with Crippen LogP contribution in [0.5, 0.6) is 0 Å². The molecular formula is C12H23NO2. The van der Waals surface area contributed by atoms with Crippen LogP contribution < -0.4 is 5.32 Å². The summed E-state index contributed by atoms with van der Waals surface area (Å²) in [5.41, 5.74) is 0.499. The number of rotatable bonds is 4. The van der Waals surface area contributed by atoms with Crippen molar-refractivity contribution in [3.63, 3.8) is 0 Å². The summed E-state index contributed by atoms with van der Waals surface area (Å²) in [6, 6.07) is 0. The summed E-state index contributed by atoms with van der Waals surface area (Å²) in [5.74, 6) is 0. The van der Waals surface area contributed by atoms with E-state index in [0.717, 1.165) is 25.0 Å². The summed E-state index contributed by atoms with van der Waals surface area (Å²) in [4.78, 5) is 11.4. The Labute approximate surface area is 92.9 Å². The Morgan fingerprint density at radius 3 is 2.33 bits per heavy atom. The minimum Gasteiger partial charge on any atom is -0.444 e. The summed E-state index contributed by atoms with van der Waals surface area (Å²) >= 11 is 0. The third kappa shape index (κ3) is 8.03. The molecule has 0 aromatic heterocycles. The molecule has 0 aromatic rings. The minimum atomic E-state index is -0.437. The van der Waals surface area contributed by atoms with Gasteiger partial charge in [0.15, 0.2) is 0 Å². The fourth-order valence-electron chi connectivity index (χ4n) is 1.04. The first-order chi connectivity index (χ1) is 6.89. The number of alkyl carbamates (subject to hydrolysis) is 1. The first kappa shape index (κ1) is 14.0. The van der Waals surface area contributed by atoms with Gasteiger partial charge in [0.1, 0.15) is 5.60 Å². The average molecular weight is 213 g/mol. The highest BCUT2D eigenvalue weighted by atomic mass is 16.6. The van der Waals surface area contributed by atoms with Gasteiger partial charge in [-0.15, -0.1) is 0 Å². The molecule has 0 saturated heterocycles. The van der Waals surface area contributed by atoms with Crippen molar-refractivity contribution in [1.82, 2.24) is 5.32 Å². The van der Waals surface area contributed by atoms with Crippen molar-refractivity contribution in [3.8, 4) is 0 Å². The van der Waals surface area contributed by atoms with Crippen molar-refractivity contribution in [1.29, 1.82) is 0 Å². The van der Waals surface area contributed by atoms with Crippen molar-refractivity contribution >= 4 is 6.09 Å². The Morgan fingerprint density at radius 2 is 1.93 bits per heavy atom. The third-order valence-corrected chi connectivity index (χ3v) is 1.72. The average Bonchev–Trinajstić information content (AvgIpc) is 2.09. The number of unbranched alkanes of at least 4 members (excludes halogenated alkanes) is 1. The standard InChI is InChI=1S/C12H23NO2/c1-6-8-9-10(7-2)13-11(14)15-12(3,4)5/h9H,6-8H2,1-5H3,(H,13,14). The Bertz CT molecular complexity index is 226. The fourth-order valence-corrected chi connectivity index (χ4v) is 1.04. The molecule has 3 nitrogen and oxygen atoms in total. The van der Waals surface area contributed by atoms with Crippen LogP contribution in [0, 0.1) is 0 Å². The minimum absolute atomic E-state index is 0.369. The predicted octanol–water partition coefficient (Wildman–Crippen LogP) is 3.61. The van der Waals surface area contributed by atoms with E-state index in [1.807, 2.05) is 33.8 Å². The van der Waals surface area contributed by atoms with Gasteiger partial charge in [-0.2, -0.15) is 0 Å². The molecule has 0 rings (SSSR count). The third-order valence-electron chi connectivity index (χ3n) is 1.72. The zero-order chi connectivity index (χ0) is 11.9. The van der Waals surface area contributed by atoms with Crippen LogP contribution in [-0.4, -0.2) is 11.7 Å². The molecule has 0 saturated carbocycles. The lowest BCUT2D eigenvalue weighted by Crippen LogP contribution is -2.31. The van der Waals surface area contributed by atoms with Crippen LogP contribution in [0.15, 0.2) is 11.8 Å². The highest BCUT2D eigenvalue weighted by Gasteiger charge is 2.16. The molecular weight excluding hydrogens is 190 g/mol. The molecule has 3 heteroatoms. The van der Waals surface area contributed by atoms with Crippen molar-refractivity contribution in [2.24, 2.45) is 0 Å². The number of ether oxygens (including phenoxy) is 1. The van der Waals surface area contributed by atoms with Crippen molar-refractivity contribution in [2.45, 2.75) is 59.5 Å². The number of carbonyl (C=O) groups is 1. The normalized spacial score (nSPS) is 12.5. The van der Waals surface area contributed by atoms with Crippen LogP contribution >= 0.6 is 0 Å². The molecule has 0 aliphatic heterocycles. The van der Waals surface area contributed by atoms with E-state index in [1.54, 1.807) is 0 Å². The van der Waals surface area contributed by atoms with Crippen LogP contribution in [0.1, 0.15) is 53.9 Å². The molecule has 0 spiro atoms. The summed E-state index contributed by atoms with van der Waals surface area (Å²) in [5, 5.41) is 2.76. The molecule has 15 heavy (non-hydrogen) atoms. The zero-order valence-electron chi connectivity index (χ0n) is 10.5. The van der Waals surface area contributed by atoms with Crippen molar-refractivity contribution < 1.29 is 9.53 Å². The molecule has 0 aliphatic rings. The largest absolute Gasteiger partial charge is 0.444 e. The van der Waals surface area contributed by atoms with Gasteiger partial charge < -0.3 is 4.74 Å². The van der Waals surface area contributed by atoms with Crippen LogP contribution in [-0.2, 0) is 4.74 Å². The molecule has 0 fully saturated rings. The summed E-state index contributed by atoms with van der Waals surface area (Å²) in [6.07, 6.45) is 4.56. The highest BCUT2D eigenvalue weighted by molar-refractivity contribution is 5.69. The molecule has 1 N–H and O–H groups in total. The topological polar surface area (TPSA) is 38.3 Å². The molecule has 1 amide bonds. The van der Waals surface area contributed by atoms with E-state index in [0.29, 0.717) is 0 Å². The van der Waals surface area contributed by atoms with Gasteiger partial charge in [-0.25, -0.2) is 4.79 Å². The monoisotopic (exact) mass is 213 g/mol. The maximum atomic E-state index is 11.4. The second-order valence-corrected chi connectivity index (χ2v) is 4.50. The molecule has 0 atom stereocenters. The first-order valence-electron chi connectivity index (χ1n) is 5.58. The molecule has 0 heterocycles. The SMILES string of the molecule is CCCC=C(CC)NC(=O)OC(C)(C)C. The van der Waals surface area contributed by atoms with E-state index in [2.05, 4.69) is 12.2 Å². The van der Waals surface area contributed by atoms with Gasteiger partial charge in [-0.1, -0.05) is 26.3 Å². The van der Waals surface area contributed by atoms with E-state index < -0.39 is 5.60 Å². The number of hydrogen-bond acceptors (Lipinski definition) is 2. The smallest absolute Gasteiger partial charge is 0.411 e. The van der Waals surface area contributed by atoms with E-state index >= 15 is 0 Å². The molecule has 0 radical (unpaired) electrons. The Hall–Kier alpha value is -0.990. The molecule has 0 aromatic carbocycles. The van der Waals surface area contributed by atoms with Crippen LogP contribution in [0.4, 0.5) is 4.79 Å². The van der Waals surface area contributed by atoms with Crippen LogP contribution in [0.25, 0.3) is 0 Å². The quantitative estimate of drug-likeness (QED) is 0.774. The van der Waals surface area contributed by atoms with Crippen LogP contribution in [0.2, 0.25) is 0 Å². The van der Waals surface area contributed by atoms with Gasteiger partial charge in [0.2, 0.25) is 0 Å². The number of amides is 1. The first-order valence-corrected chi connectivity index (χ1v) is 5.58. The second kappa shape index (κ2) is 6.49. The van der Waals surface area contributed by atoms with Crippen molar-refractivity contribution in [2.75, 3.05) is 0 Å². The van der Waals surface area contributed by atoms with E-state index in [4.69, 9.17) is 4.74 Å². The Morgan fingerprint density at radius 1 is 1.33 bits per heavy atom. The Kier molecular flexibility index (Phi) is 6.06. The molecule has 88 valence electrons. The number of allylic oxidation sites excluding steroid dienone is 2. The van der Waals surface area contributed by atoms with Gasteiger partial charge in [0.05, 0.1) is 0 Å². The maximum absolute atomic E-state index is 11.4. The summed E-state index contributed by atoms with van der Waals surface area (Å²) in [6.45, 7) is 9.69. The number of nitrogens with one attached hydrogen (secondary N) is 1. The molecule has 0 bridgehead atoms. The lowest BCUT2D eigenvalue weighted by molar-refractivity contribution is 0.0544. The van der Waals surface area contributed by atoms with E-state index in [1.165, 1.54) is 0 Å². The van der Waals surface area contributed by atoms with Gasteiger partial charge in [-0.05, 0) is 33.6 Å². The van der Waals surface area contributed by atoms with Gasteiger partial charge >= 0.3 is 6.09 Å². The fraction of sp³-hybridized carbons (Fsp3) is 0.750. The molecule has 0 unspecified atom stereocenters. The number of carbonyl (C=O) groups excluding carboxylic acids is 1. The van der Waals surface area contributed by atoms with E-state index in [9.17, 15) is 4.79 Å². The highest BCUT2D eigenvalue weighted by Crippen LogP contribution is 2.08. The summed E-state index contributed by atoms with van der Waals surface area (Å²) < 4.78 is 5.16. The maximum Gasteiger partial charge on any atom is 0.411 e. The lowest BCUT2D eigenvalue weighted by atomic mass is 10.2. The van der Waals surface area contributed by atoms with E-state index in [-0.39, 0.29) is 6.09 Å². The Balaban J connectivity index is 4.13. The predicted molar refractivity (Wildman–Crippen MR) is 62.7 cm³/mol.